The second kappa shape index (κ2) is 11.4. The fourth-order valence-corrected chi connectivity index (χ4v) is 5.42. The van der Waals surface area contributed by atoms with Gasteiger partial charge in [-0.25, -0.2) is 0 Å². The van der Waals surface area contributed by atoms with E-state index >= 15 is 0 Å². The minimum atomic E-state index is -4.58. The molecule has 2 fully saturated rings. The number of amides is 2. The summed E-state index contributed by atoms with van der Waals surface area (Å²) in [5, 5.41) is 27.3. The first-order chi connectivity index (χ1) is 18.0. The summed E-state index contributed by atoms with van der Waals surface area (Å²) >= 11 is 0. The average Bonchev–Trinajstić information content (AvgIpc) is 3.33. The van der Waals surface area contributed by atoms with Crippen molar-refractivity contribution in [1.82, 2.24) is 20.5 Å². The number of alkyl halides is 3. The van der Waals surface area contributed by atoms with Gasteiger partial charge >= 0.3 is 6.18 Å². The van der Waals surface area contributed by atoms with E-state index in [0.717, 1.165) is 31.0 Å². The average molecular weight is 535 g/mol. The van der Waals surface area contributed by atoms with Crippen molar-refractivity contribution < 1.29 is 33.0 Å². The lowest BCUT2D eigenvalue weighted by Crippen LogP contribution is -2.47. The van der Waals surface area contributed by atoms with E-state index in [9.17, 15) is 33.0 Å². The van der Waals surface area contributed by atoms with Crippen LogP contribution >= 0.6 is 0 Å². The molecule has 0 spiro atoms. The van der Waals surface area contributed by atoms with Crippen LogP contribution in [0.25, 0.3) is 0 Å². The molecule has 1 aliphatic heterocycles. The molecule has 2 aromatic rings. The Labute approximate surface area is 219 Å². The predicted octanol–water partition coefficient (Wildman–Crippen LogP) is 2.60. The molecule has 2 aliphatic rings. The summed E-state index contributed by atoms with van der Waals surface area (Å²) in [6, 6.07) is 9.09. The molecular formula is C27H33F3N4O4. The number of nitrogens with zero attached hydrogens (tertiary/aromatic N) is 2. The number of hydrogen-bond acceptors (Lipinski definition) is 6. The second-order valence-corrected chi connectivity index (χ2v) is 10.2. The van der Waals surface area contributed by atoms with Gasteiger partial charge in [-0.1, -0.05) is 12.1 Å². The zero-order valence-corrected chi connectivity index (χ0v) is 21.1. The lowest BCUT2D eigenvalue weighted by Gasteiger charge is -2.37. The maximum Gasteiger partial charge on any atom is 0.416 e. The van der Waals surface area contributed by atoms with Crippen LogP contribution in [0.1, 0.15) is 60.6 Å². The maximum absolute atomic E-state index is 13.0. The van der Waals surface area contributed by atoms with Crippen molar-refractivity contribution in [3.63, 3.8) is 0 Å². The molecule has 2 heterocycles. The summed E-state index contributed by atoms with van der Waals surface area (Å²) in [7, 11) is 0. The van der Waals surface area contributed by atoms with Crippen LogP contribution in [0.5, 0.6) is 0 Å². The van der Waals surface area contributed by atoms with Gasteiger partial charge in [0.15, 0.2) is 0 Å². The van der Waals surface area contributed by atoms with Gasteiger partial charge < -0.3 is 25.7 Å². The van der Waals surface area contributed by atoms with Crippen LogP contribution in [0.4, 0.5) is 13.2 Å². The Bertz CT molecular complexity index is 1120. The Kier molecular flexibility index (Phi) is 8.39. The van der Waals surface area contributed by atoms with Gasteiger partial charge in [0.25, 0.3) is 5.91 Å². The highest BCUT2D eigenvalue weighted by atomic mass is 19.4. The summed E-state index contributed by atoms with van der Waals surface area (Å²) in [5.74, 6) is -1.21. The Hall–Kier alpha value is -3.02. The SMILES string of the molecule is CC(O)[C@@H]1CC(NC2CCC(O)(c3ccccn3)CC2)CN1C(=O)CNC(=O)c1cccc(C(F)(F)F)c1. The first-order valence-corrected chi connectivity index (χ1v) is 12.8. The molecule has 3 atom stereocenters. The first kappa shape index (κ1) is 28.0. The van der Waals surface area contributed by atoms with Crippen LogP contribution in [0, 0.1) is 0 Å². The van der Waals surface area contributed by atoms with E-state index in [2.05, 4.69) is 15.6 Å². The Morgan fingerprint density at radius 2 is 1.89 bits per heavy atom. The van der Waals surface area contributed by atoms with E-state index in [1.807, 2.05) is 18.2 Å². The number of carbonyl (C=O) groups is 2. The van der Waals surface area contributed by atoms with Crippen molar-refractivity contribution in [2.45, 2.75) is 75.0 Å². The standard InChI is InChI=1S/C27H33F3N4O4/c1-17(35)22-14-21(33-20-8-10-26(38,11-9-20)23-7-2-3-12-31-23)16-34(22)24(36)15-32-25(37)18-5-4-6-19(13-18)27(28,29)30/h2-7,12-13,17,20-22,33,35,38H,8-11,14-16H2,1H3,(H,32,37)/t17?,20?,21?,22-,26?/m0/s1. The van der Waals surface area contributed by atoms with Gasteiger partial charge in [-0.2, -0.15) is 13.2 Å². The molecule has 2 unspecified atom stereocenters. The van der Waals surface area contributed by atoms with Crippen LogP contribution in [-0.2, 0) is 16.6 Å². The highest BCUT2D eigenvalue weighted by Crippen LogP contribution is 2.36. The largest absolute Gasteiger partial charge is 0.416 e. The number of halogens is 3. The van der Waals surface area contributed by atoms with E-state index in [0.29, 0.717) is 31.5 Å². The van der Waals surface area contributed by atoms with Gasteiger partial charge in [0.2, 0.25) is 5.91 Å². The van der Waals surface area contributed by atoms with E-state index in [-0.39, 0.29) is 17.6 Å². The number of rotatable bonds is 7. The number of nitrogens with one attached hydrogen (secondary N) is 2. The van der Waals surface area contributed by atoms with Crippen LogP contribution in [0.2, 0.25) is 0 Å². The topological polar surface area (TPSA) is 115 Å². The van der Waals surface area contributed by atoms with Gasteiger partial charge in [-0.15, -0.1) is 0 Å². The molecule has 1 saturated heterocycles. The van der Waals surface area contributed by atoms with Crippen LogP contribution in [0.15, 0.2) is 48.7 Å². The molecule has 8 nitrogen and oxygen atoms in total. The third kappa shape index (κ3) is 6.51. The van der Waals surface area contributed by atoms with Crippen molar-refractivity contribution in [1.29, 1.82) is 0 Å². The summed E-state index contributed by atoms with van der Waals surface area (Å²) < 4.78 is 38.9. The molecule has 1 aliphatic carbocycles. The van der Waals surface area contributed by atoms with E-state index in [4.69, 9.17) is 0 Å². The highest BCUT2D eigenvalue weighted by Gasteiger charge is 2.41. The van der Waals surface area contributed by atoms with Crippen LogP contribution in [-0.4, -0.2) is 69.2 Å². The third-order valence-electron chi connectivity index (χ3n) is 7.50. The fraction of sp³-hybridized carbons (Fsp3) is 0.519. The zero-order valence-electron chi connectivity index (χ0n) is 21.1. The quantitative estimate of drug-likeness (QED) is 0.434. The number of aliphatic hydroxyl groups excluding tert-OH is 1. The molecule has 1 aromatic carbocycles. The summed E-state index contributed by atoms with van der Waals surface area (Å²) in [5.41, 5.74) is -1.43. The second-order valence-electron chi connectivity index (χ2n) is 10.2. The van der Waals surface area contributed by atoms with Crippen molar-refractivity contribution in [2.24, 2.45) is 0 Å². The van der Waals surface area contributed by atoms with Crippen molar-refractivity contribution in [2.75, 3.05) is 13.1 Å². The number of aliphatic hydroxyl groups is 2. The monoisotopic (exact) mass is 534 g/mol. The van der Waals surface area contributed by atoms with Crippen LogP contribution < -0.4 is 10.6 Å². The number of pyridine rings is 1. The summed E-state index contributed by atoms with van der Waals surface area (Å²) in [4.78, 5) is 31.2. The number of benzene rings is 1. The Morgan fingerprint density at radius 1 is 1.16 bits per heavy atom. The predicted molar refractivity (Wildman–Crippen MR) is 133 cm³/mol. The molecule has 1 saturated carbocycles. The van der Waals surface area contributed by atoms with Crippen molar-refractivity contribution >= 4 is 11.8 Å². The fourth-order valence-electron chi connectivity index (χ4n) is 5.42. The molecule has 0 radical (unpaired) electrons. The molecule has 206 valence electrons. The van der Waals surface area contributed by atoms with Gasteiger partial charge in [-0.05, 0) is 69.4 Å². The van der Waals surface area contributed by atoms with Crippen LogP contribution in [0.3, 0.4) is 0 Å². The van der Waals surface area contributed by atoms with Crippen molar-refractivity contribution in [3.8, 4) is 0 Å². The number of aromatic nitrogens is 1. The number of hydrogen-bond donors (Lipinski definition) is 4. The third-order valence-corrected chi connectivity index (χ3v) is 7.50. The normalized spacial score (nSPS) is 26.7. The lowest BCUT2D eigenvalue weighted by atomic mass is 9.79. The molecule has 2 amide bonds. The molecule has 4 N–H and O–H groups in total. The van der Waals surface area contributed by atoms with Crippen molar-refractivity contribution in [3.05, 3.63) is 65.5 Å². The van der Waals surface area contributed by atoms with Gasteiger partial charge in [0, 0.05) is 30.4 Å². The number of likely N-dealkylation sites (tertiary alicyclic amines) is 1. The Balaban J connectivity index is 1.31. The smallest absolute Gasteiger partial charge is 0.391 e. The lowest BCUT2D eigenvalue weighted by molar-refractivity contribution is -0.137. The van der Waals surface area contributed by atoms with E-state index in [1.54, 1.807) is 13.1 Å². The van der Waals surface area contributed by atoms with Gasteiger partial charge in [0.1, 0.15) is 5.60 Å². The molecule has 38 heavy (non-hydrogen) atoms. The molecular weight excluding hydrogens is 501 g/mol. The Morgan fingerprint density at radius 3 is 2.53 bits per heavy atom. The summed E-state index contributed by atoms with van der Waals surface area (Å²) in [6.45, 7) is 1.53. The van der Waals surface area contributed by atoms with Gasteiger partial charge in [-0.3, -0.25) is 14.6 Å². The minimum Gasteiger partial charge on any atom is -0.391 e. The van der Waals surface area contributed by atoms with Gasteiger partial charge in [0.05, 0.1) is 29.9 Å². The van der Waals surface area contributed by atoms with E-state index in [1.165, 1.54) is 11.0 Å². The molecule has 0 bridgehead atoms. The molecule has 4 rings (SSSR count). The zero-order chi connectivity index (χ0) is 27.5. The highest BCUT2D eigenvalue weighted by molar-refractivity contribution is 5.96. The molecule has 11 heteroatoms. The maximum atomic E-state index is 13.0. The summed E-state index contributed by atoms with van der Waals surface area (Å²) in [6.07, 6.45) is -0.633. The number of carbonyl (C=O) groups excluding carboxylic acids is 2. The first-order valence-electron chi connectivity index (χ1n) is 12.8. The molecule has 1 aromatic heterocycles. The van der Waals surface area contributed by atoms with E-state index < -0.39 is 47.8 Å². The minimum absolute atomic E-state index is 0.0799.